The third-order valence-electron chi connectivity index (χ3n) is 3.43. The van der Waals surface area contributed by atoms with E-state index in [9.17, 15) is 0 Å². The molecule has 0 unspecified atom stereocenters. The molecule has 0 aliphatic heterocycles. The first-order chi connectivity index (χ1) is 8.67. The summed E-state index contributed by atoms with van der Waals surface area (Å²) < 4.78 is 6.34. The van der Waals surface area contributed by atoms with Crippen LogP contribution < -0.4 is 5.73 Å². The van der Waals surface area contributed by atoms with Crippen LogP contribution in [-0.2, 0) is 5.54 Å². The summed E-state index contributed by atoms with van der Waals surface area (Å²) in [5, 5.41) is 4.03. The Morgan fingerprint density at radius 2 is 2.00 bits per heavy atom. The van der Waals surface area contributed by atoms with E-state index in [1.807, 2.05) is 24.3 Å². The Hall–Kier alpha value is -0.910. The van der Waals surface area contributed by atoms with Gasteiger partial charge in [-0.05, 0) is 25.0 Å². The van der Waals surface area contributed by atoms with Gasteiger partial charge in [0.15, 0.2) is 0 Å². The molecule has 2 aromatic rings. The summed E-state index contributed by atoms with van der Waals surface area (Å²) in [5.74, 6) is 1.16. The van der Waals surface area contributed by atoms with Crippen molar-refractivity contribution in [2.24, 2.45) is 5.73 Å². The summed E-state index contributed by atoms with van der Waals surface area (Å²) in [7, 11) is 0. The molecule has 0 bridgehead atoms. The van der Waals surface area contributed by atoms with Crippen molar-refractivity contribution < 1.29 is 4.52 Å². The Balaban J connectivity index is 0.00000133. The predicted octanol–water partition coefficient (Wildman–Crippen LogP) is 3.65. The smallest absolute Gasteiger partial charge is 0.247 e. The average Bonchev–Trinajstić information content (AvgIpc) is 2.98. The van der Waals surface area contributed by atoms with Crippen LogP contribution in [0.3, 0.4) is 0 Å². The van der Waals surface area contributed by atoms with Crippen LogP contribution in [0.15, 0.2) is 33.3 Å². The number of nitrogens with two attached hydrogens (primary N) is 1. The number of hydrogen-bond acceptors (Lipinski definition) is 4. The molecule has 1 aliphatic carbocycles. The molecule has 1 saturated carbocycles. The molecule has 6 heteroatoms. The van der Waals surface area contributed by atoms with Crippen LogP contribution >= 0.6 is 28.3 Å². The highest BCUT2D eigenvalue weighted by Gasteiger charge is 2.36. The van der Waals surface area contributed by atoms with Crippen molar-refractivity contribution in [1.82, 2.24) is 10.1 Å². The molecule has 0 spiro atoms. The predicted molar refractivity (Wildman–Crippen MR) is 79.0 cm³/mol. The van der Waals surface area contributed by atoms with Gasteiger partial charge in [-0.1, -0.05) is 46.1 Å². The monoisotopic (exact) mass is 343 g/mol. The number of halogens is 2. The zero-order valence-electron chi connectivity index (χ0n) is 10.3. The molecule has 4 nitrogen and oxygen atoms in total. The third-order valence-corrected chi connectivity index (χ3v) is 3.92. The largest absolute Gasteiger partial charge is 0.337 e. The summed E-state index contributed by atoms with van der Waals surface area (Å²) in [5.41, 5.74) is 6.81. The molecule has 102 valence electrons. The first kappa shape index (κ1) is 14.5. The number of rotatable bonds is 2. The van der Waals surface area contributed by atoms with Crippen LogP contribution in [0.1, 0.15) is 31.6 Å². The topological polar surface area (TPSA) is 64.9 Å². The van der Waals surface area contributed by atoms with Crippen LogP contribution in [0.2, 0.25) is 0 Å². The van der Waals surface area contributed by atoms with Gasteiger partial charge in [0.2, 0.25) is 11.7 Å². The van der Waals surface area contributed by atoms with Crippen molar-refractivity contribution in [1.29, 1.82) is 0 Å². The summed E-state index contributed by atoms with van der Waals surface area (Å²) >= 11 is 3.43. The van der Waals surface area contributed by atoms with E-state index >= 15 is 0 Å². The Bertz CT molecular complexity index is 567. The third kappa shape index (κ3) is 2.83. The van der Waals surface area contributed by atoms with Crippen LogP contribution in [0.4, 0.5) is 0 Å². The van der Waals surface area contributed by atoms with Gasteiger partial charge in [-0.15, -0.1) is 12.4 Å². The molecule has 0 saturated heterocycles. The van der Waals surface area contributed by atoms with E-state index in [4.69, 9.17) is 10.3 Å². The maximum absolute atomic E-state index is 6.30. The number of benzene rings is 1. The Labute approximate surface area is 126 Å². The van der Waals surface area contributed by atoms with Gasteiger partial charge in [0, 0.05) is 10.0 Å². The summed E-state index contributed by atoms with van der Waals surface area (Å²) in [6.45, 7) is 0. The minimum Gasteiger partial charge on any atom is -0.337 e. The first-order valence-electron chi connectivity index (χ1n) is 6.06. The van der Waals surface area contributed by atoms with Crippen molar-refractivity contribution in [3.8, 4) is 11.4 Å². The zero-order chi connectivity index (χ0) is 12.6. The lowest BCUT2D eigenvalue weighted by Crippen LogP contribution is -2.33. The Kier molecular flexibility index (Phi) is 4.28. The van der Waals surface area contributed by atoms with Gasteiger partial charge in [0.05, 0.1) is 5.54 Å². The first-order valence-corrected chi connectivity index (χ1v) is 6.86. The molecule has 0 atom stereocenters. The van der Waals surface area contributed by atoms with E-state index in [2.05, 4.69) is 26.1 Å². The van der Waals surface area contributed by atoms with Gasteiger partial charge in [-0.25, -0.2) is 0 Å². The maximum atomic E-state index is 6.30. The molecule has 2 N–H and O–H groups in total. The van der Waals surface area contributed by atoms with E-state index < -0.39 is 5.54 Å². The van der Waals surface area contributed by atoms with Gasteiger partial charge in [0.25, 0.3) is 0 Å². The highest BCUT2D eigenvalue weighted by atomic mass is 79.9. The summed E-state index contributed by atoms with van der Waals surface area (Å²) in [6.07, 6.45) is 4.11. The van der Waals surface area contributed by atoms with E-state index in [0.717, 1.165) is 35.7 Å². The SMILES string of the molecule is Cl.NC1(c2nc(-c3cccc(Br)c3)no2)CCCC1. The molecule has 3 rings (SSSR count). The summed E-state index contributed by atoms with van der Waals surface area (Å²) in [4.78, 5) is 4.45. The van der Waals surface area contributed by atoms with E-state index in [0.29, 0.717) is 11.7 Å². The van der Waals surface area contributed by atoms with E-state index in [1.165, 1.54) is 0 Å². The van der Waals surface area contributed by atoms with Gasteiger partial charge in [-0.3, -0.25) is 0 Å². The molecule has 19 heavy (non-hydrogen) atoms. The van der Waals surface area contributed by atoms with Gasteiger partial charge in [0.1, 0.15) is 0 Å². The zero-order valence-corrected chi connectivity index (χ0v) is 12.7. The van der Waals surface area contributed by atoms with Crippen LogP contribution in [-0.4, -0.2) is 10.1 Å². The lowest BCUT2D eigenvalue weighted by atomic mass is 9.99. The minimum atomic E-state index is -0.419. The quantitative estimate of drug-likeness (QED) is 0.903. The molecular formula is C13H15BrClN3O. The fourth-order valence-corrected chi connectivity index (χ4v) is 2.79. The number of aromatic nitrogens is 2. The fourth-order valence-electron chi connectivity index (χ4n) is 2.39. The second kappa shape index (κ2) is 5.61. The van der Waals surface area contributed by atoms with Gasteiger partial charge < -0.3 is 10.3 Å². The second-order valence-electron chi connectivity index (χ2n) is 4.80. The maximum Gasteiger partial charge on any atom is 0.247 e. The van der Waals surface area contributed by atoms with Crippen molar-refractivity contribution in [3.63, 3.8) is 0 Å². The van der Waals surface area contributed by atoms with Crippen molar-refractivity contribution in [2.75, 3.05) is 0 Å². The van der Waals surface area contributed by atoms with Crippen molar-refractivity contribution in [3.05, 3.63) is 34.6 Å². The van der Waals surface area contributed by atoms with E-state index in [-0.39, 0.29) is 12.4 Å². The normalized spacial score (nSPS) is 17.2. The van der Waals surface area contributed by atoms with Crippen molar-refractivity contribution >= 4 is 28.3 Å². The van der Waals surface area contributed by atoms with Gasteiger partial charge >= 0.3 is 0 Å². The summed E-state index contributed by atoms with van der Waals surface area (Å²) in [6, 6.07) is 7.83. The van der Waals surface area contributed by atoms with Crippen LogP contribution in [0.5, 0.6) is 0 Å². The second-order valence-corrected chi connectivity index (χ2v) is 5.71. The average molecular weight is 345 g/mol. The fraction of sp³-hybridized carbons (Fsp3) is 0.385. The van der Waals surface area contributed by atoms with Crippen LogP contribution in [0, 0.1) is 0 Å². The number of hydrogen-bond donors (Lipinski definition) is 1. The molecule has 1 aromatic heterocycles. The molecule has 0 amide bonds. The van der Waals surface area contributed by atoms with Crippen molar-refractivity contribution in [2.45, 2.75) is 31.2 Å². The minimum absolute atomic E-state index is 0. The molecule has 0 radical (unpaired) electrons. The standard InChI is InChI=1S/C13H14BrN3O.ClH/c14-10-5-3-4-9(8-10)11-16-12(18-17-11)13(15)6-1-2-7-13;/h3-5,8H,1-2,6-7,15H2;1H. The van der Waals surface area contributed by atoms with E-state index in [1.54, 1.807) is 0 Å². The lowest BCUT2D eigenvalue weighted by Gasteiger charge is -2.17. The van der Waals surface area contributed by atoms with Gasteiger partial charge in [-0.2, -0.15) is 4.98 Å². The Morgan fingerprint density at radius 3 is 2.68 bits per heavy atom. The molecule has 1 aromatic carbocycles. The number of nitrogens with zero attached hydrogens (tertiary/aromatic N) is 2. The highest BCUT2D eigenvalue weighted by Crippen LogP contribution is 2.36. The molecular weight excluding hydrogens is 330 g/mol. The Morgan fingerprint density at radius 1 is 1.26 bits per heavy atom. The lowest BCUT2D eigenvalue weighted by molar-refractivity contribution is 0.285. The van der Waals surface area contributed by atoms with Crippen LogP contribution in [0.25, 0.3) is 11.4 Å². The molecule has 1 aliphatic rings. The molecule has 1 heterocycles. The molecule has 1 fully saturated rings. The highest BCUT2D eigenvalue weighted by molar-refractivity contribution is 9.10.